The summed E-state index contributed by atoms with van der Waals surface area (Å²) < 4.78 is 1.27. The van der Waals surface area contributed by atoms with Crippen LogP contribution in [-0.2, 0) is 11.3 Å². The first kappa shape index (κ1) is 21.1. The fourth-order valence-corrected chi connectivity index (χ4v) is 4.80. The number of rotatable bonds is 5. The standard InChI is InChI=1S/C26H27IN2O/c27-24-14-7-9-21(19-24)20-28-15-8-16-29(18-17-28)26(30)25(22-10-3-1-4-11-22)23-12-5-2-6-13-23/h1-7,9-14,19,25H,8,15-18,20H2. The van der Waals surface area contributed by atoms with Gasteiger partial charge in [-0.2, -0.15) is 0 Å². The van der Waals surface area contributed by atoms with Crippen LogP contribution in [0.15, 0.2) is 84.9 Å². The van der Waals surface area contributed by atoms with E-state index in [1.165, 1.54) is 9.13 Å². The molecular weight excluding hydrogens is 483 g/mol. The molecule has 0 bridgehead atoms. The summed E-state index contributed by atoms with van der Waals surface area (Å²) in [5.74, 6) is -0.0295. The van der Waals surface area contributed by atoms with Crippen molar-refractivity contribution in [1.82, 2.24) is 9.80 Å². The summed E-state index contributed by atoms with van der Waals surface area (Å²) in [5.41, 5.74) is 3.47. The second kappa shape index (κ2) is 10.2. The fraction of sp³-hybridized carbons (Fsp3) is 0.269. The third-order valence-electron chi connectivity index (χ3n) is 5.71. The van der Waals surface area contributed by atoms with Crippen molar-refractivity contribution in [3.63, 3.8) is 0 Å². The zero-order valence-corrected chi connectivity index (χ0v) is 19.2. The van der Waals surface area contributed by atoms with Gasteiger partial charge in [0.05, 0.1) is 5.92 Å². The van der Waals surface area contributed by atoms with Crippen molar-refractivity contribution in [2.75, 3.05) is 26.2 Å². The van der Waals surface area contributed by atoms with Crippen LogP contribution in [0.2, 0.25) is 0 Å². The van der Waals surface area contributed by atoms with Crippen molar-refractivity contribution in [2.45, 2.75) is 18.9 Å². The Balaban J connectivity index is 1.49. The maximum absolute atomic E-state index is 13.7. The van der Waals surface area contributed by atoms with Crippen LogP contribution in [-0.4, -0.2) is 41.9 Å². The van der Waals surface area contributed by atoms with Crippen LogP contribution in [0.3, 0.4) is 0 Å². The minimum absolute atomic E-state index is 0.212. The van der Waals surface area contributed by atoms with E-state index in [1.54, 1.807) is 0 Å². The summed E-state index contributed by atoms with van der Waals surface area (Å²) >= 11 is 2.37. The van der Waals surface area contributed by atoms with Gasteiger partial charge in [0.1, 0.15) is 0 Å². The van der Waals surface area contributed by atoms with Gasteiger partial charge in [-0.25, -0.2) is 0 Å². The van der Waals surface area contributed by atoms with Crippen molar-refractivity contribution >= 4 is 28.5 Å². The molecule has 3 nitrogen and oxygen atoms in total. The maximum atomic E-state index is 13.7. The molecule has 1 aliphatic heterocycles. The SMILES string of the molecule is O=C(C(c1ccccc1)c1ccccc1)N1CCCN(Cc2cccc(I)c2)CC1. The fourth-order valence-electron chi connectivity index (χ4n) is 4.19. The van der Waals surface area contributed by atoms with Gasteiger partial charge < -0.3 is 4.90 Å². The normalized spacial score (nSPS) is 15.2. The number of halogens is 1. The molecule has 30 heavy (non-hydrogen) atoms. The largest absolute Gasteiger partial charge is 0.341 e. The lowest BCUT2D eigenvalue weighted by atomic mass is 9.90. The Kier molecular flexibility index (Phi) is 7.18. The monoisotopic (exact) mass is 510 g/mol. The molecule has 0 aromatic heterocycles. The summed E-state index contributed by atoms with van der Waals surface area (Å²) in [6.45, 7) is 4.47. The Morgan fingerprint density at radius 1 is 0.800 bits per heavy atom. The first-order valence-corrected chi connectivity index (χ1v) is 11.6. The number of amides is 1. The van der Waals surface area contributed by atoms with E-state index < -0.39 is 0 Å². The average Bonchev–Trinajstić information content (AvgIpc) is 3.01. The Labute approximate surface area is 192 Å². The van der Waals surface area contributed by atoms with Gasteiger partial charge >= 0.3 is 0 Å². The lowest BCUT2D eigenvalue weighted by molar-refractivity contribution is -0.131. The van der Waals surface area contributed by atoms with E-state index in [-0.39, 0.29) is 11.8 Å². The summed E-state index contributed by atoms with van der Waals surface area (Å²) in [5, 5.41) is 0. The number of hydrogen-bond donors (Lipinski definition) is 0. The highest BCUT2D eigenvalue weighted by Crippen LogP contribution is 2.27. The Morgan fingerprint density at radius 3 is 2.10 bits per heavy atom. The minimum Gasteiger partial charge on any atom is -0.341 e. The molecule has 0 N–H and O–H groups in total. The van der Waals surface area contributed by atoms with Gasteiger partial charge in [-0.05, 0) is 57.8 Å². The van der Waals surface area contributed by atoms with E-state index in [0.717, 1.165) is 50.3 Å². The van der Waals surface area contributed by atoms with Crippen LogP contribution in [0.1, 0.15) is 29.0 Å². The minimum atomic E-state index is -0.241. The van der Waals surface area contributed by atoms with Gasteiger partial charge in [0.15, 0.2) is 0 Å². The summed E-state index contributed by atoms with van der Waals surface area (Å²) in [6, 6.07) is 29.0. The summed E-state index contributed by atoms with van der Waals surface area (Å²) in [6.07, 6.45) is 1.01. The first-order valence-electron chi connectivity index (χ1n) is 10.6. The van der Waals surface area contributed by atoms with E-state index in [4.69, 9.17) is 0 Å². The molecule has 0 atom stereocenters. The van der Waals surface area contributed by atoms with Gasteiger partial charge in [0.2, 0.25) is 5.91 Å². The second-order valence-corrected chi connectivity index (χ2v) is 9.08. The van der Waals surface area contributed by atoms with Crippen LogP contribution in [0.4, 0.5) is 0 Å². The number of benzene rings is 3. The van der Waals surface area contributed by atoms with E-state index >= 15 is 0 Å². The summed E-state index contributed by atoms with van der Waals surface area (Å²) in [4.78, 5) is 18.2. The molecule has 1 fully saturated rings. The predicted molar refractivity (Wildman–Crippen MR) is 130 cm³/mol. The summed E-state index contributed by atoms with van der Waals surface area (Å²) in [7, 11) is 0. The number of carbonyl (C=O) groups is 1. The molecule has 0 saturated carbocycles. The topological polar surface area (TPSA) is 23.6 Å². The van der Waals surface area contributed by atoms with Crippen molar-refractivity contribution in [3.05, 3.63) is 105 Å². The van der Waals surface area contributed by atoms with E-state index in [1.807, 2.05) is 36.4 Å². The number of nitrogens with zero attached hydrogens (tertiary/aromatic N) is 2. The van der Waals surface area contributed by atoms with Gasteiger partial charge in [0.25, 0.3) is 0 Å². The molecule has 1 heterocycles. The highest BCUT2D eigenvalue weighted by molar-refractivity contribution is 14.1. The first-order chi connectivity index (χ1) is 14.7. The Morgan fingerprint density at radius 2 is 1.47 bits per heavy atom. The zero-order valence-electron chi connectivity index (χ0n) is 17.1. The van der Waals surface area contributed by atoms with Crippen LogP contribution in [0.5, 0.6) is 0 Å². The molecular formula is C26H27IN2O. The molecule has 1 saturated heterocycles. The van der Waals surface area contributed by atoms with Gasteiger partial charge in [-0.15, -0.1) is 0 Å². The molecule has 1 amide bonds. The van der Waals surface area contributed by atoms with Crippen molar-refractivity contribution in [1.29, 1.82) is 0 Å². The molecule has 3 aromatic carbocycles. The molecule has 3 aromatic rings. The molecule has 0 radical (unpaired) electrons. The highest BCUT2D eigenvalue weighted by atomic mass is 127. The van der Waals surface area contributed by atoms with Crippen molar-refractivity contribution in [2.24, 2.45) is 0 Å². The van der Waals surface area contributed by atoms with Gasteiger partial charge in [-0.1, -0.05) is 72.8 Å². The van der Waals surface area contributed by atoms with Gasteiger partial charge in [-0.3, -0.25) is 9.69 Å². The number of hydrogen-bond acceptors (Lipinski definition) is 2. The van der Waals surface area contributed by atoms with Crippen LogP contribution < -0.4 is 0 Å². The van der Waals surface area contributed by atoms with Gasteiger partial charge in [0, 0.05) is 36.3 Å². The third-order valence-corrected chi connectivity index (χ3v) is 6.38. The van der Waals surface area contributed by atoms with Crippen LogP contribution in [0.25, 0.3) is 0 Å². The highest BCUT2D eigenvalue weighted by Gasteiger charge is 2.28. The molecule has 0 aliphatic carbocycles. The molecule has 1 aliphatic rings. The van der Waals surface area contributed by atoms with E-state index in [2.05, 4.69) is 80.9 Å². The van der Waals surface area contributed by atoms with Crippen LogP contribution in [0, 0.1) is 3.57 Å². The molecule has 0 unspecified atom stereocenters. The lowest BCUT2D eigenvalue weighted by Crippen LogP contribution is -2.38. The maximum Gasteiger partial charge on any atom is 0.234 e. The molecule has 0 spiro atoms. The second-order valence-electron chi connectivity index (χ2n) is 7.84. The Bertz CT molecular complexity index is 922. The molecule has 4 rings (SSSR count). The van der Waals surface area contributed by atoms with E-state index in [0.29, 0.717) is 0 Å². The predicted octanol–water partition coefficient (Wildman–Crippen LogP) is 5.16. The zero-order chi connectivity index (χ0) is 20.8. The smallest absolute Gasteiger partial charge is 0.234 e. The Hall–Kier alpha value is -2.18. The van der Waals surface area contributed by atoms with Crippen molar-refractivity contribution in [3.8, 4) is 0 Å². The quantitative estimate of drug-likeness (QED) is 0.443. The lowest BCUT2D eigenvalue weighted by Gasteiger charge is -2.27. The van der Waals surface area contributed by atoms with Crippen LogP contribution >= 0.6 is 22.6 Å². The number of carbonyl (C=O) groups excluding carboxylic acids is 1. The van der Waals surface area contributed by atoms with E-state index in [9.17, 15) is 4.79 Å². The molecule has 4 heteroatoms. The third kappa shape index (κ3) is 5.29. The molecule has 154 valence electrons. The average molecular weight is 510 g/mol. The van der Waals surface area contributed by atoms with Crippen molar-refractivity contribution < 1.29 is 4.79 Å².